The molecule has 2 atom stereocenters. The molecule has 2 fully saturated rings. The van der Waals surface area contributed by atoms with Gasteiger partial charge in [0.1, 0.15) is 17.2 Å². The SMILES string of the molecule is C=C(Nc1cccc(-c2ncc(-c3cccc(NC(=O)[C@@H]4CCCN4C(=O)OC(C)(C)C)c3)o2)c1N)[C@@H]1CCCN1C(=O)OC(C)(C)C. The molecule has 1 aromatic heterocycles. The molecule has 48 heavy (non-hydrogen) atoms. The largest absolute Gasteiger partial charge is 0.444 e. The molecule has 3 heterocycles. The molecule has 2 saturated heterocycles. The summed E-state index contributed by atoms with van der Waals surface area (Å²) in [6, 6.07) is 11.9. The number of hydrogen-bond donors (Lipinski definition) is 3. The van der Waals surface area contributed by atoms with Crippen molar-refractivity contribution in [3.63, 3.8) is 0 Å². The minimum absolute atomic E-state index is 0.238. The van der Waals surface area contributed by atoms with Crippen LogP contribution < -0.4 is 16.4 Å². The molecule has 4 N–H and O–H groups in total. The first-order valence-electron chi connectivity index (χ1n) is 16.3. The summed E-state index contributed by atoms with van der Waals surface area (Å²) in [6.45, 7) is 16.2. The Morgan fingerprint density at radius 2 is 1.50 bits per heavy atom. The monoisotopic (exact) mass is 658 g/mol. The van der Waals surface area contributed by atoms with Crippen LogP contribution in [0.15, 0.2) is 65.4 Å². The van der Waals surface area contributed by atoms with Crippen molar-refractivity contribution in [3.8, 4) is 22.8 Å². The Kier molecular flexibility index (Phi) is 9.74. The summed E-state index contributed by atoms with van der Waals surface area (Å²) < 4.78 is 17.3. The smallest absolute Gasteiger partial charge is 0.410 e. The number of aromatic nitrogens is 1. The third kappa shape index (κ3) is 8.10. The topological polar surface area (TPSA) is 152 Å². The van der Waals surface area contributed by atoms with Gasteiger partial charge in [-0.1, -0.05) is 24.8 Å². The first-order chi connectivity index (χ1) is 22.6. The highest BCUT2D eigenvalue weighted by atomic mass is 16.6. The Bertz CT molecular complexity index is 1690. The Morgan fingerprint density at radius 1 is 0.896 bits per heavy atom. The minimum Gasteiger partial charge on any atom is -0.444 e. The zero-order valence-electron chi connectivity index (χ0n) is 28.6. The lowest BCUT2D eigenvalue weighted by Gasteiger charge is -2.30. The van der Waals surface area contributed by atoms with Gasteiger partial charge in [-0.25, -0.2) is 14.6 Å². The molecule has 2 aliphatic heterocycles. The number of para-hydroxylation sites is 1. The van der Waals surface area contributed by atoms with Gasteiger partial charge in [0.25, 0.3) is 0 Å². The van der Waals surface area contributed by atoms with E-state index >= 15 is 0 Å². The van der Waals surface area contributed by atoms with Gasteiger partial charge < -0.3 is 30.3 Å². The van der Waals surface area contributed by atoms with Crippen LogP contribution in [0.4, 0.5) is 26.7 Å². The van der Waals surface area contributed by atoms with Crippen LogP contribution in [0.25, 0.3) is 22.8 Å². The normalized spacial score (nSPS) is 18.0. The van der Waals surface area contributed by atoms with E-state index < -0.39 is 23.3 Å². The van der Waals surface area contributed by atoms with Crippen molar-refractivity contribution in [1.29, 1.82) is 0 Å². The Morgan fingerprint density at radius 3 is 2.15 bits per heavy atom. The lowest BCUT2D eigenvalue weighted by molar-refractivity contribution is -0.120. The van der Waals surface area contributed by atoms with Crippen LogP contribution in [0, 0.1) is 0 Å². The number of nitrogens with two attached hydrogens (primary N) is 1. The number of nitrogen functional groups attached to an aromatic ring is 1. The lowest BCUT2D eigenvalue weighted by atomic mass is 10.1. The maximum atomic E-state index is 13.2. The summed E-state index contributed by atoms with van der Waals surface area (Å²) in [5.41, 5.74) is 8.87. The van der Waals surface area contributed by atoms with Crippen LogP contribution in [-0.2, 0) is 14.3 Å². The van der Waals surface area contributed by atoms with Crippen LogP contribution in [0.1, 0.15) is 67.2 Å². The second-order valence-electron chi connectivity index (χ2n) is 14.2. The summed E-state index contributed by atoms with van der Waals surface area (Å²) in [4.78, 5) is 46.4. The van der Waals surface area contributed by atoms with E-state index in [0.29, 0.717) is 65.0 Å². The summed E-state index contributed by atoms with van der Waals surface area (Å²) in [5, 5.41) is 6.25. The summed E-state index contributed by atoms with van der Waals surface area (Å²) in [7, 11) is 0. The van der Waals surface area contributed by atoms with Gasteiger partial charge in [0.05, 0.1) is 29.2 Å². The Hall–Kier alpha value is -5.00. The summed E-state index contributed by atoms with van der Waals surface area (Å²) in [6.07, 6.45) is 3.62. The second-order valence-corrected chi connectivity index (χ2v) is 14.2. The number of likely N-dealkylation sites (tertiary alicyclic amines) is 2. The van der Waals surface area contributed by atoms with E-state index in [1.54, 1.807) is 44.0 Å². The zero-order valence-corrected chi connectivity index (χ0v) is 28.6. The molecule has 2 aliphatic rings. The highest BCUT2D eigenvalue weighted by molar-refractivity contribution is 5.97. The van der Waals surface area contributed by atoms with E-state index in [9.17, 15) is 14.4 Å². The molecule has 0 unspecified atom stereocenters. The Labute approximate surface area is 281 Å². The van der Waals surface area contributed by atoms with Gasteiger partial charge in [-0.2, -0.15) is 0 Å². The van der Waals surface area contributed by atoms with Crippen molar-refractivity contribution in [2.24, 2.45) is 0 Å². The van der Waals surface area contributed by atoms with Gasteiger partial charge in [-0.15, -0.1) is 0 Å². The molecule has 0 bridgehead atoms. The number of nitrogens with zero attached hydrogens (tertiary/aromatic N) is 3. The molecule has 12 nitrogen and oxygen atoms in total. The molecule has 12 heteroatoms. The predicted molar refractivity (Wildman–Crippen MR) is 185 cm³/mol. The van der Waals surface area contributed by atoms with Gasteiger partial charge in [-0.3, -0.25) is 14.6 Å². The number of ether oxygens (including phenoxy) is 2. The first kappa shape index (κ1) is 34.3. The molecule has 0 radical (unpaired) electrons. The number of rotatable bonds is 7. The number of oxazole rings is 1. The number of nitrogens with one attached hydrogen (secondary N) is 2. The number of carbonyl (C=O) groups excluding carboxylic acids is 3. The van der Waals surface area contributed by atoms with Gasteiger partial charge >= 0.3 is 12.2 Å². The number of hydrogen-bond acceptors (Lipinski definition) is 9. The van der Waals surface area contributed by atoms with Crippen molar-refractivity contribution in [3.05, 3.63) is 60.9 Å². The average Bonchev–Trinajstić information content (AvgIpc) is 3.78. The molecule has 2 aromatic carbocycles. The number of amides is 3. The zero-order chi connectivity index (χ0) is 34.8. The quantitative estimate of drug-likeness (QED) is 0.223. The van der Waals surface area contributed by atoms with Crippen LogP contribution >= 0.6 is 0 Å². The molecule has 256 valence electrons. The molecule has 0 saturated carbocycles. The van der Waals surface area contributed by atoms with Crippen molar-refractivity contribution >= 4 is 35.2 Å². The standard InChI is InChI=1S/C36H46N6O6/c1-22(27-16-10-18-41(27)33(44)47-35(2,3)4)39-26-15-9-14-25(30(26)37)32-38-21-29(46-32)23-12-8-13-24(20-23)40-31(43)28-17-11-19-42(28)34(45)48-36(5,6)7/h8-9,12-15,20-21,27-28,39H,1,10-11,16-19,37H2,2-7H3,(H,40,43)/t27-,28-/m0/s1. The maximum absolute atomic E-state index is 13.2. The number of benzene rings is 2. The molecule has 0 aliphatic carbocycles. The molecular formula is C36H46N6O6. The van der Waals surface area contributed by atoms with Crippen LogP contribution in [-0.4, -0.2) is 69.3 Å². The number of anilines is 3. The van der Waals surface area contributed by atoms with Crippen LogP contribution in [0.2, 0.25) is 0 Å². The van der Waals surface area contributed by atoms with E-state index in [1.807, 2.05) is 51.1 Å². The van der Waals surface area contributed by atoms with Crippen molar-refractivity contribution < 1.29 is 28.3 Å². The molecule has 0 spiro atoms. The molecule has 5 rings (SSSR count). The third-order valence-electron chi connectivity index (χ3n) is 8.02. The van der Waals surface area contributed by atoms with Crippen LogP contribution in [0.5, 0.6) is 0 Å². The van der Waals surface area contributed by atoms with Crippen LogP contribution in [0.3, 0.4) is 0 Å². The fourth-order valence-electron chi connectivity index (χ4n) is 5.87. The fourth-order valence-corrected chi connectivity index (χ4v) is 5.87. The Balaban J connectivity index is 1.27. The minimum atomic E-state index is -0.650. The number of carbonyl (C=O) groups is 3. The van der Waals surface area contributed by atoms with Gasteiger partial charge in [-0.05, 0) is 91.5 Å². The van der Waals surface area contributed by atoms with E-state index in [2.05, 4.69) is 22.2 Å². The molecule has 3 amide bonds. The summed E-state index contributed by atoms with van der Waals surface area (Å²) >= 11 is 0. The molecular weight excluding hydrogens is 612 g/mol. The van der Waals surface area contributed by atoms with Crippen molar-refractivity contribution in [2.45, 2.75) is 90.5 Å². The lowest BCUT2D eigenvalue weighted by Crippen LogP contribution is -2.45. The van der Waals surface area contributed by atoms with E-state index in [0.717, 1.165) is 19.3 Å². The van der Waals surface area contributed by atoms with Crippen molar-refractivity contribution in [1.82, 2.24) is 14.8 Å². The molecule has 3 aromatic rings. The predicted octanol–water partition coefficient (Wildman–Crippen LogP) is 7.25. The van der Waals surface area contributed by atoms with E-state index in [1.165, 1.54) is 4.90 Å². The van der Waals surface area contributed by atoms with E-state index in [4.69, 9.17) is 19.6 Å². The average molecular weight is 659 g/mol. The second kappa shape index (κ2) is 13.6. The highest BCUT2D eigenvalue weighted by Crippen LogP contribution is 2.36. The van der Waals surface area contributed by atoms with Gasteiger partial charge in [0.15, 0.2) is 5.76 Å². The summed E-state index contributed by atoms with van der Waals surface area (Å²) in [5.74, 6) is 0.527. The first-order valence-corrected chi connectivity index (χ1v) is 16.3. The van der Waals surface area contributed by atoms with Gasteiger partial charge in [0.2, 0.25) is 11.8 Å². The third-order valence-corrected chi connectivity index (χ3v) is 8.02. The fraction of sp³-hybridized carbons (Fsp3) is 0.444. The van der Waals surface area contributed by atoms with Gasteiger partial charge in [0, 0.05) is 30.0 Å². The highest BCUT2D eigenvalue weighted by Gasteiger charge is 2.37. The van der Waals surface area contributed by atoms with Crippen molar-refractivity contribution in [2.75, 3.05) is 29.5 Å². The van der Waals surface area contributed by atoms with E-state index in [-0.39, 0.29) is 18.0 Å². The maximum Gasteiger partial charge on any atom is 0.410 e.